The van der Waals surface area contributed by atoms with Crippen molar-refractivity contribution >= 4 is 23.0 Å². The van der Waals surface area contributed by atoms with E-state index in [1.54, 1.807) is 5.41 Å². The summed E-state index contributed by atoms with van der Waals surface area (Å²) in [5.74, 6) is 0.816. The molecule has 0 bridgehead atoms. The molecule has 28 heavy (non-hydrogen) atoms. The fourth-order valence-electron chi connectivity index (χ4n) is 3.18. The van der Waals surface area contributed by atoms with E-state index in [1.807, 2.05) is 19.1 Å². The molecule has 0 spiro atoms. The molecule has 4 heteroatoms. The fourth-order valence-corrected chi connectivity index (χ4v) is 3.78. The second kappa shape index (κ2) is 9.38. The van der Waals surface area contributed by atoms with Crippen LogP contribution in [-0.2, 0) is 6.42 Å². The molecule has 0 saturated carbocycles. The third-order valence-corrected chi connectivity index (χ3v) is 5.32. The van der Waals surface area contributed by atoms with Crippen LogP contribution in [0.25, 0.3) is 5.57 Å². The van der Waals surface area contributed by atoms with Crippen LogP contribution in [-0.4, -0.2) is 9.97 Å². The second-order valence-electron chi connectivity index (χ2n) is 6.62. The molecule has 0 atom stereocenters. The quantitative estimate of drug-likeness (QED) is 0.395. The number of anilines is 1. The van der Waals surface area contributed by atoms with Crippen molar-refractivity contribution in [3.8, 4) is 0 Å². The highest BCUT2D eigenvalue weighted by molar-refractivity contribution is 8.02. The van der Waals surface area contributed by atoms with Crippen molar-refractivity contribution in [2.45, 2.75) is 31.7 Å². The number of aryl methyl sites for hydroxylation is 2. The molecule has 2 N–H and O–H groups in total. The maximum atomic E-state index is 6.09. The van der Waals surface area contributed by atoms with Crippen LogP contribution in [0.15, 0.2) is 83.2 Å². The number of thioether (sulfide) groups is 1. The number of rotatable bonds is 7. The van der Waals surface area contributed by atoms with Gasteiger partial charge in [-0.25, -0.2) is 9.97 Å². The molecule has 0 radical (unpaired) electrons. The second-order valence-corrected chi connectivity index (χ2v) is 7.57. The first-order chi connectivity index (χ1) is 13.6. The van der Waals surface area contributed by atoms with Gasteiger partial charge in [-0.05, 0) is 42.4 Å². The summed E-state index contributed by atoms with van der Waals surface area (Å²) >= 11 is 1.44. The van der Waals surface area contributed by atoms with Gasteiger partial charge in [0.15, 0.2) is 0 Å². The van der Waals surface area contributed by atoms with Crippen molar-refractivity contribution in [3.63, 3.8) is 0 Å². The topological polar surface area (TPSA) is 51.8 Å². The average Bonchev–Trinajstić information content (AvgIpc) is 2.72. The van der Waals surface area contributed by atoms with Crippen molar-refractivity contribution in [2.24, 2.45) is 0 Å². The summed E-state index contributed by atoms with van der Waals surface area (Å²) in [6.07, 6.45) is 1.64. The van der Waals surface area contributed by atoms with E-state index in [-0.39, 0.29) is 0 Å². The smallest absolute Gasteiger partial charge is 0.130 e. The van der Waals surface area contributed by atoms with E-state index in [0.717, 1.165) is 29.4 Å². The van der Waals surface area contributed by atoms with Gasteiger partial charge in [-0.15, -0.1) is 0 Å². The summed E-state index contributed by atoms with van der Waals surface area (Å²) < 4.78 is 0. The number of aromatic nitrogens is 2. The molecule has 0 aliphatic rings. The minimum atomic E-state index is 0.634. The molecule has 0 unspecified atom stereocenters. The zero-order chi connectivity index (χ0) is 19.9. The summed E-state index contributed by atoms with van der Waals surface area (Å²) in [5.41, 5.74) is 12.6. The Hall–Kier alpha value is -2.85. The zero-order valence-electron chi connectivity index (χ0n) is 16.4. The third kappa shape index (κ3) is 4.70. The van der Waals surface area contributed by atoms with Crippen LogP contribution in [0.4, 0.5) is 5.69 Å². The lowest BCUT2D eigenvalue weighted by molar-refractivity contribution is 0.815. The lowest BCUT2D eigenvalue weighted by atomic mass is 9.92. The number of hydrogen-bond acceptors (Lipinski definition) is 4. The monoisotopic (exact) mass is 387 g/mol. The number of nitrogens with zero attached hydrogens (tertiary/aromatic N) is 2. The summed E-state index contributed by atoms with van der Waals surface area (Å²) in [6.45, 7) is 7.88. The molecule has 3 aromatic rings. The van der Waals surface area contributed by atoms with Crippen LogP contribution in [0.3, 0.4) is 0 Å². The van der Waals surface area contributed by atoms with Crippen molar-refractivity contribution in [1.82, 2.24) is 9.97 Å². The Morgan fingerprint density at radius 3 is 2.11 bits per heavy atom. The highest BCUT2D eigenvalue weighted by Crippen LogP contribution is 2.30. The largest absolute Gasteiger partial charge is 0.395 e. The van der Waals surface area contributed by atoms with Crippen LogP contribution in [0, 0.1) is 6.92 Å². The summed E-state index contributed by atoms with van der Waals surface area (Å²) in [4.78, 5) is 9.22. The van der Waals surface area contributed by atoms with Gasteiger partial charge in [0.25, 0.3) is 0 Å². The Kier molecular flexibility index (Phi) is 6.66. The van der Waals surface area contributed by atoms with E-state index >= 15 is 0 Å². The molecule has 1 heterocycles. The van der Waals surface area contributed by atoms with E-state index < -0.39 is 0 Å². The lowest BCUT2D eigenvalue weighted by Gasteiger charge is -2.14. The molecular weight excluding hydrogens is 362 g/mol. The molecule has 0 amide bonds. The van der Waals surface area contributed by atoms with Gasteiger partial charge < -0.3 is 5.73 Å². The Morgan fingerprint density at radius 2 is 1.57 bits per heavy atom. The van der Waals surface area contributed by atoms with Gasteiger partial charge >= 0.3 is 0 Å². The van der Waals surface area contributed by atoms with Crippen LogP contribution >= 0.6 is 11.8 Å². The van der Waals surface area contributed by atoms with Crippen molar-refractivity contribution in [1.29, 1.82) is 0 Å². The molecule has 1 aromatic heterocycles. The first kappa shape index (κ1) is 19.9. The number of allylic oxidation sites excluding steroid dienone is 1. The van der Waals surface area contributed by atoms with E-state index in [1.165, 1.54) is 34.0 Å². The Balaban J connectivity index is 1.93. The lowest BCUT2D eigenvalue weighted by Crippen LogP contribution is -2.05. The summed E-state index contributed by atoms with van der Waals surface area (Å²) in [7, 11) is 0. The maximum absolute atomic E-state index is 6.09. The standard InChI is InChI=1S/C24H25N3S/c1-4-28-24-23(25)18(3)26-21(27-24)16-15-17(2)22(19-11-7-5-8-12-19)20-13-9-6-10-14-20/h4-14H,1,15-16,25H2,2-3H3. The summed E-state index contributed by atoms with van der Waals surface area (Å²) in [6, 6.07) is 21.1. The van der Waals surface area contributed by atoms with Gasteiger partial charge in [0.1, 0.15) is 10.9 Å². The average molecular weight is 388 g/mol. The van der Waals surface area contributed by atoms with E-state index in [0.29, 0.717) is 5.69 Å². The van der Waals surface area contributed by atoms with E-state index in [4.69, 9.17) is 5.73 Å². The fraction of sp³-hybridized carbons (Fsp3) is 0.167. The van der Waals surface area contributed by atoms with Gasteiger partial charge in [0.2, 0.25) is 0 Å². The molecule has 0 aliphatic heterocycles. The van der Waals surface area contributed by atoms with E-state index in [9.17, 15) is 0 Å². The maximum Gasteiger partial charge on any atom is 0.130 e. The zero-order valence-corrected chi connectivity index (χ0v) is 17.2. The molecule has 2 aromatic carbocycles. The number of nitrogens with two attached hydrogens (primary N) is 1. The molecule has 142 valence electrons. The van der Waals surface area contributed by atoms with Crippen molar-refractivity contribution in [2.75, 3.05) is 5.73 Å². The first-order valence-electron chi connectivity index (χ1n) is 9.31. The minimum absolute atomic E-state index is 0.634. The van der Waals surface area contributed by atoms with Gasteiger partial charge in [0, 0.05) is 6.42 Å². The Labute approximate surface area is 171 Å². The van der Waals surface area contributed by atoms with Gasteiger partial charge in [-0.2, -0.15) is 0 Å². The SMILES string of the molecule is C=CSc1nc(CCC(C)=C(c2ccccc2)c2ccccc2)nc(C)c1N. The molecule has 0 fully saturated rings. The third-order valence-electron chi connectivity index (χ3n) is 4.62. The van der Waals surface area contributed by atoms with E-state index in [2.05, 4.69) is 72.0 Å². The number of nitrogen functional groups attached to an aromatic ring is 1. The van der Waals surface area contributed by atoms with Crippen LogP contribution in [0.1, 0.15) is 36.0 Å². The van der Waals surface area contributed by atoms with Crippen LogP contribution in [0.2, 0.25) is 0 Å². The number of hydrogen-bond donors (Lipinski definition) is 1. The summed E-state index contributed by atoms with van der Waals surface area (Å²) in [5, 5.41) is 2.53. The molecule has 0 aliphatic carbocycles. The normalized spacial score (nSPS) is 10.5. The highest BCUT2D eigenvalue weighted by Gasteiger charge is 2.12. The highest BCUT2D eigenvalue weighted by atomic mass is 32.2. The van der Waals surface area contributed by atoms with Crippen molar-refractivity contribution < 1.29 is 0 Å². The van der Waals surface area contributed by atoms with Crippen LogP contribution < -0.4 is 5.73 Å². The van der Waals surface area contributed by atoms with Crippen LogP contribution in [0.5, 0.6) is 0 Å². The van der Waals surface area contributed by atoms with Gasteiger partial charge in [0.05, 0.1) is 11.4 Å². The predicted molar refractivity (Wildman–Crippen MR) is 120 cm³/mol. The van der Waals surface area contributed by atoms with Gasteiger partial charge in [-0.3, -0.25) is 0 Å². The predicted octanol–water partition coefficient (Wildman–Crippen LogP) is 6.06. The molecule has 3 nitrogen and oxygen atoms in total. The van der Waals surface area contributed by atoms with Gasteiger partial charge in [-0.1, -0.05) is 84.6 Å². The molecular formula is C24H25N3S. The first-order valence-corrected chi connectivity index (χ1v) is 10.2. The van der Waals surface area contributed by atoms with Crippen molar-refractivity contribution in [3.05, 3.63) is 101 Å². The Morgan fingerprint density at radius 1 is 1.00 bits per heavy atom. The molecule has 0 saturated heterocycles. The minimum Gasteiger partial charge on any atom is -0.395 e. The Bertz CT molecular complexity index is 938. The number of benzene rings is 2. The molecule has 3 rings (SSSR count).